The van der Waals surface area contributed by atoms with Gasteiger partial charge in [-0.05, 0) is 29.7 Å². The summed E-state index contributed by atoms with van der Waals surface area (Å²) in [5.74, 6) is -0.227. The number of nitrogens with zero attached hydrogens (tertiary/aromatic N) is 2. The monoisotopic (exact) mass is 270 g/mol. The Labute approximate surface area is 117 Å². The Morgan fingerprint density at radius 2 is 1.95 bits per heavy atom. The largest absolute Gasteiger partial charge is 0.381 e. The van der Waals surface area contributed by atoms with Crippen LogP contribution in [0.15, 0.2) is 30.3 Å². The van der Waals surface area contributed by atoms with Crippen molar-refractivity contribution in [3.05, 3.63) is 47.3 Å². The van der Waals surface area contributed by atoms with Gasteiger partial charge in [0.2, 0.25) is 0 Å². The second-order valence-corrected chi connectivity index (χ2v) is 4.77. The van der Waals surface area contributed by atoms with Gasteiger partial charge >= 0.3 is 0 Å². The zero-order valence-corrected chi connectivity index (χ0v) is 11.3. The summed E-state index contributed by atoms with van der Waals surface area (Å²) in [6, 6.07) is 10.7. The molecule has 2 aromatic rings. The van der Waals surface area contributed by atoms with Crippen molar-refractivity contribution in [1.82, 2.24) is 4.98 Å². The molecular formula is C15H15FN4. The molecule has 0 saturated carbocycles. The highest BCUT2D eigenvalue weighted by molar-refractivity contribution is 5.64. The van der Waals surface area contributed by atoms with Gasteiger partial charge in [0, 0.05) is 5.69 Å². The highest BCUT2D eigenvalue weighted by Crippen LogP contribution is 2.23. The van der Waals surface area contributed by atoms with E-state index in [0.717, 1.165) is 11.8 Å². The first-order valence-corrected chi connectivity index (χ1v) is 6.24. The third-order valence-electron chi connectivity index (χ3n) is 2.96. The minimum atomic E-state index is -0.692. The van der Waals surface area contributed by atoms with Gasteiger partial charge in [0.25, 0.3) is 0 Å². The van der Waals surface area contributed by atoms with E-state index in [4.69, 9.17) is 11.0 Å². The molecule has 1 heterocycles. The lowest BCUT2D eigenvalue weighted by molar-refractivity contribution is 0.627. The molecule has 2 rings (SSSR count). The number of aromatic nitrogens is 1. The van der Waals surface area contributed by atoms with Crippen molar-refractivity contribution >= 4 is 17.3 Å². The number of halogens is 1. The smallest absolute Gasteiger partial charge is 0.166 e. The van der Waals surface area contributed by atoms with Crippen molar-refractivity contribution in [1.29, 1.82) is 5.26 Å². The Balaban J connectivity index is 2.30. The van der Waals surface area contributed by atoms with Gasteiger partial charge < -0.3 is 11.1 Å². The Hall–Kier alpha value is -2.61. The lowest BCUT2D eigenvalue weighted by Gasteiger charge is -2.10. The van der Waals surface area contributed by atoms with Crippen molar-refractivity contribution in [2.75, 3.05) is 11.1 Å². The molecule has 4 nitrogen and oxygen atoms in total. The van der Waals surface area contributed by atoms with Crippen LogP contribution in [0, 0.1) is 17.1 Å². The number of rotatable bonds is 3. The molecular weight excluding hydrogens is 255 g/mol. The molecule has 102 valence electrons. The molecule has 0 unspecified atom stereocenters. The van der Waals surface area contributed by atoms with Gasteiger partial charge in [0.1, 0.15) is 6.07 Å². The van der Waals surface area contributed by atoms with E-state index in [1.54, 1.807) is 0 Å². The van der Waals surface area contributed by atoms with E-state index in [9.17, 15) is 4.39 Å². The van der Waals surface area contributed by atoms with Crippen molar-refractivity contribution in [3.63, 3.8) is 0 Å². The van der Waals surface area contributed by atoms with Gasteiger partial charge in [-0.3, -0.25) is 0 Å². The van der Waals surface area contributed by atoms with Crippen LogP contribution in [-0.4, -0.2) is 4.98 Å². The number of pyridine rings is 1. The standard InChI is InChI=1S/C15H15FN4/c1-9(2)10-3-5-12(6-4-10)19-15-11(8-17)7-13(16)14(18)20-15/h3-7,9H,1-2H3,(H3,18,19,20). The van der Waals surface area contributed by atoms with Crippen molar-refractivity contribution < 1.29 is 4.39 Å². The summed E-state index contributed by atoms with van der Waals surface area (Å²) in [7, 11) is 0. The molecule has 0 bridgehead atoms. The zero-order valence-electron chi connectivity index (χ0n) is 11.3. The number of anilines is 3. The predicted octanol–water partition coefficient (Wildman–Crippen LogP) is 3.54. The summed E-state index contributed by atoms with van der Waals surface area (Å²) in [5.41, 5.74) is 7.52. The Morgan fingerprint density at radius 1 is 1.30 bits per heavy atom. The molecule has 0 aliphatic heterocycles. The number of hydrogen-bond donors (Lipinski definition) is 2. The number of nitriles is 1. The van der Waals surface area contributed by atoms with Crippen LogP contribution in [0.5, 0.6) is 0 Å². The fourth-order valence-electron chi connectivity index (χ4n) is 1.77. The summed E-state index contributed by atoms with van der Waals surface area (Å²) >= 11 is 0. The molecule has 0 spiro atoms. The van der Waals surface area contributed by atoms with Crippen LogP contribution in [-0.2, 0) is 0 Å². The molecule has 0 radical (unpaired) electrons. The molecule has 0 aliphatic rings. The number of nitrogen functional groups attached to an aromatic ring is 1. The van der Waals surface area contributed by atoms with Crippen LogP contribution < -0.4 is 11.1 Å². The highest BCUT2D eigenvalue weighted by atomic mass is 19.1. The molecule has 0 fully saturated rings. The molecule has 1 aromatic heterocycles. The Bertz CT molecular complexity index is 657. The molecule has 5 heteroatoms. The number of nitrogens with one attached hydrogen (secondary N) is 1. The van der Waals surface area contributed by atoms with Crippen molar-refractivity contribution in [2.45, 2.75) is 19.8 Å². The molecule has 0 atom stereocenters. The third-order valence-corrected chi connectivity index (χ3v) is 2.96. The number of benzene rings is 1. The Kier molecular flexibility index (Phi) is 3.85. The minimum absolute atomic E-state index is 0.115. The third kappa shape index (κ3) is 2.86. The lowest BCUT2D eigenvalue weighted by atomic mass is 10.0. The second-order valence-electron chi connectivity index (χ2n) is 4.77. The van der Waals surface area contributed by atoms with Crippen molar-refractivity contribution in [2.24, 2.45) is 0 Å². The first-order valence-electron chi connectivity index (χ1n) is 6.24. The zero-order chi connectivity index (χ0) is 14.7. The van der Waals surface area contributed by atoms with E-state index < -0.39 is 5.82 Å². The SMILES string of the molecule is CC(C)c1ccc(Nc2nc(N)c(F)cc2C#N)cc1. The van der Waals surface area contributed by atoms with E-state index >= 15 is 0 Å². The minimum Gasteiger partial charge on any atom is -0.381 e. The van der Waals surface area contributed by atoms with E-state index in [2.05, 4.69) is 24.1 Å². The Morgan fingerprint density at radius 3 is 2.50 bits per heavy atom. The fraction of sp³-hybridized carbons (Fsp3) is 0.200. The summed E-state index contributed by atoms with van der Waals surface area (Å²) in [6.07, 6.45) is 0. The number of hydrogen-bond acceptors (Lipinski definition) is 4. The van der Waals surface area contributed by atoms with E-state index in [1.165, 1.54) is 5.56 Å². The lowest BCUT2D eigenvalue weighted by Crippen LogP contribution is -2.03. The first-order chi connectivity index (χ1) is 9.51. The van der Waals surface area contributed by atoms with Crippen LogP contribution in [0.2, 0.25) is 0 Å². The summed E-state index contributed by atoms with van der Waals surface area (Å²) in [6.45, 7) is 4.22. The molecule has 1 aromatic carbocycles. The highest BCUT2D eigenvalue weighted by Gasteiger charge is 2.10. The maximum atomic E-state index is 13.3. The summed E-state index contributed by atoms with van der Waals surface area (Å²) in [5, 5.41) is 12.0. The van der Waals surface area contributed by atoms with E-state index in [0.29, 0.717) is 5.92 Å². The van der Waals surface area contributed by atoms with Crippen LogP contribution in [0.3, 0.4) is 0 Å². The van der Waals surface area contributed by atoms with Crippen LogP contribution in [0.25, 0.3) is 0 Å². The second kappa shape index (κ2) is 5.57. The van der Waals surface area contributed by atoms with Crippen molar-refractivity contribution in [3.8, 4) is 6.07 Å². The van der Waals surface area contributed by atoms with Gasteiger partial charge in [-0.15, -0.1) is 0 Å². The van der Waals surface area contributed by atoms with Gasteiger partial charge in [0.05, 0.1) is 5.56 Å². The fourth-order valence-corrected chi connectivity index (χ4v) is 1.77. The molecule has 0 amide bonds. The summed E-state index contributed by atoms with van der Waals surface area (Å²) in [4.78, 5) is 3.87. The average molecular weight is 270 g/mol. The maximum absolute atomic E-state index is 13.3. The molecule has 0 aliphatic carbocycles. The molecule has 20 heavy (non-hydrogen) atoms. The van der Waals surface area contributed by atoms with Gasteiger partial charge in [-0.1, -0.05) is 26.0 Å². The van der Waals surface area contributed by atoms with E-state index in [-0.39, 0.29) is 17.2 Å². The number of nitrogens with two attached hydrogens (primary N) is 1. The molecule has 0 saturated heterocycles. The molecule has 3 N–H and O–H groups in total. The van der Waals surface area contributed by atoms with Crippen LogP contribution >= 0.6 is 0 Å². The summed E-state index contributed by atoms with van der Waals surface area (Å²) < 4.78 is 13.3. The predicted molar refractivity (Wildman–Crippen MR) is 77.1 cm³/mol. The van der Waals surface area contributed by atoms with Gasteiger partial charge in [-0.2, -0.15) is 5.26 Å². The van der Waals surface area contributed by atoms with Crippen LogP contribution in [0.4, 0.5) is 21.7 Å². The average Bonchev–Trinajstić information content (AvgIpc) is 2.43. The quantitative estimate of drug-likeness (QED) is 0.894. The normalized spacial score (nSPS) is 10.3. The van der Waals surface area contributed by atoms with Gasteiger partial charge in [0.15, 0.2) is 17.5 Å². The topological polar surface area (TPSA) is 74.7 Å². The van der Waals surface area contributed by atoms with Crippen LogP contribution in [0.1, 0.15) is 30.9 Å². The van der Waals surface area contributed by atoms with E-state index in [1.807, 2.05) is 30.3 Å². The van der Waals surface area contributed by atoms with Gasteiger partial charge in [-0.25, -0.2) is 9.37 Å². The maximum Gasteiger partial charge on any atom is 0.166 e. The first kappa shape index (κ1) is 13.8.